The number of nitrogens with one attached hydrogen (secondary N) is 2. The molecule has 0 aromatic heterocycles. The van der Waals surface area contributed by atoms with Crippen molar-refractivity contribution in [1.29, 1.82) is 0 Å². The van der Waals surface area contributed by atoms with E-state index in [-0.39, 0.29) is 5.91 Å². The molecule has 1 aliphatic heterocycles. The van der Waals surface area contributed by atoms with Crippen LogP contribution in [0.4, 0.5) is 0 Å². The number of amides is 1. The highest BCUT2D eigenvalue weighted by atomic mass is 16.1. The van der Waals surface area contributed by atoms with Crippen LogP contribution >= 0.6 is 0 Å². The normalized spacial score (nSPS) is 23.4. The summed E-state index contributed by atoms with van der Waals surface area (Å²) in [6.07, 6.45) is 6.70. The average molecular weight is 196 g/mol. The zero-order chi connectivity index (χ0) is 9.80. The van der Waals surface area contributed by atoms with Gasteiger partial charge in [-0.25, -0.2) is 0 Å². The largest absolute Gasteiger partial charge is 0.353 e. The molecule has 2 rings (SSSR count). The molecule has 0 radical (unpaired) electrons. The molecule has 0 aromatic rings. The second kappa shape index (κ2) is 4.78. The second-order valence-corrected chi connectivity index (χ2v) is 4.57. The van der Waals surface area contributed by atoms with Crippen molar-refractivity contribution >= 4 is 5.91 Å². The van der Waals surface area contributed by atoms with Crippen LogP contribution in [0.2, 0.25) is 0 Å². The molecule has 0 aromatic carbocycles. The third kappa shape index (κ3) is 3.29. The molecule has 1 amide bonds. The van der Waals surface area contributed by atoms with E-state index in [1.807, 2.05) is 0 Å². The van der Waals surface area contributed by atoms with E-state index in [2.05, 4.69) is 10.6 Å². The maximum atomic E-state index is 11.4. The Balaban J connectivity index is 1.57. The van der Waals surface area contributed by atoms with Crippen molar-refractivity contribution in [3.8, 4) is 0 Å². The van der Waals surface area contributed by atoms with E-state index < -0.39 is 0 Å². The minimum Gasteiger partial charge on any atom is -0.353 e. The summed E-state index contributed by atoms with van der Waals surface area (Å²) in [5.74, 6) is 1.05. The molecule has 1 aliphatic carbocycles. The van der Waals surface area contributed by atoms with Crippen LogP contribution in [0.5, 0.6) is 0 Å². The summed E-state index contributed by atoms with van der Waals surface area (Å²) < 4.78 is 0. The topological polar surface area (TPSA) is 41.1 Å². The summed E-state index contributed by atoms with van der Waals surface area (Å²) in [5.41, 5.74) is 0. The minimum absolute atomic E-state index is 0.269. The van der Waals surface area contributed by atoms with Gasteiger partial charge in [0, 0.05) is 12.5 Å². The van der Waals surface area contributed by atoms with Gasteiger partial charge in [-0.3, -0.25) is 4.79 Å². The van der Waals surface area contributed by atoms with Gasteiger partial charge in [-0.15, -0.1) is 0 Å². The Morgan fingerprint density at radius 2 is 1.93 bits per heavy atom. The van der Waals surface area contributed by atoms with Gasteiger partial charge in [0.25, 0.3) is 0 Å². The van der Waals surface area contributed by atoms with Gasteiger partial charge in [-0.05, 0) is 51.1 Å². The van der Waals surface area contributed by atoms with E-state index in [0.29, 0.717) is 6.04 Å². The highest BCUT2D eigenvalue weighted by molar-refractivity contribution is 5.76. The highest BCUT2D eigenvalue weighted by Gasteiger charge is 2.23. The molecule has 2 N–H and O–H groups in total. The maximum Gasteiger partial charge on any atom is 0.220 e. The smallest absolute Gasteiger partial charge is 0.220 e. The number of hydrogen-bond donors (Lipinski definition) is 2. The predicted octanol–water partition coefficient (Wildman–Crippen LogP) is 1.04. The Labute approximate surface area is 85.6 Å². The zero-order valence-corrected chi connectivity index (χ0v) is 8.72. The summed E-state index contributed by atoms with van der Waals surface area (Å²) in [7, 11) is 0. The van der Waals surface area contributed by atoms with Crippen LogP contribution in [0, 0.1) is 5.92 Å². The summed E-state index contributed by atoms with van der Waals surface area (Å²) in [6.45, 7) is 2.27. The summed E-state index contributed by atoms with van der Waals surface area (Å²) in [4.78, 5) is 11.4. The third-order valence-corrected chi connectivity index (χ3v) is 3.18. The van der Waals surface area contributed by atoms with Gasteiger partial charge in [0.05, 0.1) is 0 Å². The Kier molecular flexibility index (Phi) is 3.40. The molecule has 3 heteroatoms. The molecule has 1 heterocycles. The van der Waals surface area contributed by atoms with Crippen LogP contribution in [0.3, 0.4) is 0 Å². The van der Waals surface area contributed by atoms with Crippen LogP contribution in [0.15, 0.2) is 0 Å². The van der Waals surface area contributed by atoms with E-state index in [0.717, 1.165) is 31.8 Å². The fourth-order valence-corrected chi connectivity index (χ4v) is 2.03. The van der Waals surface area contributed by atoms with Crippen LogP contribution in [-0.4, -0.2) is 25.0 Å². The Bertz CT molecular complexity index is 195. The van der Waals surface area contributed by atoms with Gasteiger partial charge in [-0.1, -0.05) is 0 Å². The molecule has 3 nitrogen and oxygen atoms in total. The monoisotopic (exact) mass is 196 g/mol. The zero-order valence-electron chi connectivity index (χ0n) is 8.72. The lowest BCUT2D eigenvalue weighted by Gasteiger charge is -2.22. The lowest BCUT2D eigenvalue weighted by Crippen LogP contribution is -2.30. The molecule has 2 fully saturated rings. The molecule has 80 valence electrons. The van der Waals surface area contributed by atoms with Gasteiger partial charge in [0.15, 0.2) is 0 Å². The van der Waals surface area contributed by atoms with E-state index in [1.165, 1.54) is 25.7 Å². The first-order valence-corrected chi connectivity index (χ1v) is 5.84. The van der Waals surface area contributed by atoms with Crippen molar-refractivity contribution in [2.24, 2.45) is 5.92 Å². The van der Waals surface area contributed by atoms with Crippen molar-refractivity contribution in [2.75, 3.05) is 13.1 Å². The second-order valence-electron chi connectivity index (χ2n) is 4.57. The van der Waals surface area contributed by atoms with Crippen molar-refractivity contribution < 1.29 is 4.79 Å². The van der Waals surface area contributed by atoms with Crippen molar-refractivity contribution in [2.45, 2.75) is 44.6 Å². The van der Waals surface area contributed by atoms with Gasteiger partial charge >= 0.3 is 0 Å². The van der Waals surface area contributed by atoms with Crippen LogP contribution in [0.25, 0.3) is 0 Å². The molecule has 1 saturated heterocycles. The van der Waals surface area contributed by atoms with E-state index in [4.69, 9.17) is 0 Å². The number of rotatable bonds is 4. The number of piperidine rings is 1. The highest BCUT2D eigenvalue weighted by Crippen LogP contribution is 2.20. The fraction of sp³-hybridized carbons (Fsp3) is 0.909. The SMILES string of the molecule is O=C(CCC1CCNCC1)NC1CC1. The maximum absolute atomic E-state index is 11.4. The molecular formula is C11H20N2O. The molecule has 14 heavy (non-hydrogen) atoms. The van der Waals surface area contributed by atoms with Gasteiger partial charge in [0.2, 0.25) is 5.91 Å². The number of hydrogen-bond acceptors (Lipinski definition) is 2. The van der Waals surface area contributed by atoms with Crippen molar-refractivity contribution in [3.05, 3.63) is 0 Å². The first-order valence-electron chi connectivity index (χ1n) is 5.84. The number of carbonyl (C=O) groups excluding carboxylic acids is 1. The Hall–Kier alpha value is -0.570. The van der Waals surface area contributed by atoms with Crippen LogP contribution in [-0.2, 0) is 4.79 Å². The molecule has 0 unspecified atom stereocenters. The van der Waals surface area contributed by atoms with Gasteiger partial charge in [0.1, 0.15) is 0 Å². The summed E-state index contributed by atoms with van der Waals surface area (Å²) in [6, 6.07) is 0.524. The van der Waals surface area contributed by atoms with Crippen LogP contribution in [0.1, 0.15) is 38.5 Å². The summed E-state index contributed by atoms with van der Waals surface area (Å²) in [5, 5.41) is 6.38. The lowest BCUT2D eigenvalue weighted by molar-refractivity contribution is -0.121. The lowest BCUT2D eigenvalue weighted by atomic mass is 9.93. The standard InChI is InChI=1S/C11H20N2O/c14-11(13-10-2-3-10)4-1-9-5-7-12-8-6-9/h9-10,12H,1-8H2,(H,13,14). The van der Waals surface area contributed by atoms with Crippen LogP contribution < -0.4 is 10.6 Å². The van der Waals surface area contributed by atoms with E-state index >= 15 is 0 Å². The molecule has 0 spiro atoms. The summed E-state index contributed by atoms with van der Waals surface area (Å²) >= 11 is 0. The molecular weight excluding hydrogens is 176 g/mol. The van der Waals surface area contributed by atoms with E-state index in [1.54, 1.807) is 0 Å². The first-order chi connectivity index (χ1) is 6.84. The minimum atomic E-state index is 0.269. The third-order valence-electron chi connectivity index (χ3n) is 3.18. The van der Waals surface area contributed by atoms with Gasteiger partial charge in [-0.2, -0.15) is 0 Å². The van der Waals surface area contributed by atoms with Gasteiger partial charge < -0.3 is 10.6 Å². The first kappa shape index (κ1) is 9.97. The fourth-order valence-electron chi connectivity index (χ4n) is 2.03. The molecule has 1 saturated carbocycles. The quantitative estimate of drug-likeness (QED) is 0.705. The molecule has 0 atom stereocenters. The average Bonchev–Trinajstić information content (AvgIpc) is 3.00. The number of carbonyl (C=O) groups is 1. The molecule has 0 bridgehead atoms. The predicted molar refractivity (Wildman–Crippen MR) is 56.0 cm³/mol. The van der Waals surface area contributed by atoms with Crippen molar-refractivity contribution in [1.82, 2.24) is 10.6 Å². The Morgan fingerprint density at radius 1 is 1.21 bits per heavy atom. The Morgan fingerprint density at radius 3 is 2.57 bits per heavy atom. The molecule has 2 aliphatic rings. The van der Waals surface area contributed by atoms with Crippen molar-refractivity contribution in [3.63, 3.8) is 0 Å². The van der Waals surface area contributed by atoms with E-state index in [9.17, 15) is 4.79 Å².